The molecule has 0 unspecified atom stereocenters. The summed E-state index contributed by atoms with van der Waals surface area (Å²) in [7, 11) is -1.61. The van der Waals surface area contributed by atoms with E-state index in [9.17, 15) is 23.3 Å². The Morgan fingerprint density at radius 1 is 1.29 bits per heavy atom. The van der Waals surface area contributed by atoms with E-state index in [1.807, 2.05) is 6.07 Å². The summed E-state index contributed by atoms with van der Waals surface area (Å²) in [4.78, 5) is 23.1. The van der Waals surface area contributed by atoms with Gasteiger partial charge in [-0.25, -0.2) is 13.2 Å². The molecule has 1 saturated carbocycles. The minimum atomic E-state index is -4.17. The van der Waals surface area contributed by atoms with E-state index in [1.54, 1.807) is 0 Å². The van der Waals surface area contributed by atoms with E-state index < -0.39 is 31.7 Å². The highest BCUT2D eigenvalue weighted by Crippen LogP contribution is 2.30. The fourth-order valence-corrected chi connectivity index (χ4v) is 4.02. The fourth-order valence-electron chi connectivity index (χ4n) is 2.49. The van der Waals surface area contributed by atoms with Crippen molar-refractivity contribution in [2.24, 2.45) is 14.1 Å². The highest BCUT2D eigenvalue weighted by molar-refractivity contribution is 7.89. The third-order valence-corrected chi connectivity index (χ3v) is 5.22. The molecule has 2 rings (SSSR count). The predicted octanol–water partition coefficient (Wildman–Crippen LogP) is -0.801. The first kappa shape index (κ1) is 15.5. The highest BCUT2D eigenvalue weighted by Gasteiger charge is 2.39. The van der Waals surface area contributed by atoms with Gasteiger partial charge in [0.05, 0.1) is 6.07 Å². The highest BCUT2D eigenvalue weighted by atomic mass is 32.2. The Labute approximate surface area is 121 Å². The van der Waals surface area contributed by atoms with Crippen LogP contribution in [0.25, 0.3) is 0 Å². The average Bonchev–Trinajstić information content (AvgIpc) is 2.88. The molecule has 0 aliphatic heterocycles. The van der Waals surface area contributed by atoms with E-state index in [-0.39, 0.29) is 0 Å². The number of hydrogen-bond acceptors (Lipinski definition) is 5. The second kappa shape index (κ2) is 5.13. The van der Waals surface area contributed by atoms with Crippen LogP contribution >= 0.6 is 0 Å². The van der Waals surface area contributed by atoms with E-state index in [4.69, 9.17) is 0 Å². The van der Waals surface area contributed by atoms with Gasteiger partial charge in [0.2, 0.25) is 10.0 Å². The van der Waals surface area contributed by atoms with Crippen molar-refractivity contribution in [3.63, 3.8) is 0 Å². The van der Waals surface area contributed by atoms with Crippen molar-refractivity contribution in [3.8, 4) is 6.07 Å². The van der Waals surface area contributed by atoms with Crippen molar-refractivity contribution < 1.29 is 8.42 Å². The van der Waals surface area contributed by atoms with Crippen LogP contribution in [0.2, 0.25) is 0 Å². The molecule has 0 atom stereocenters. The maximum Gasteiger partial charge on any atom is 0.330 e. The Hall–Kier alpha value is -1.92. The third-order valence-electron chi connectivity index (χ3n) is 3.71. The molecule has 114 valence electrons. The second-order valence-electron chi connectivity index (χ2n) is 5.26. The lowest BCUT2D eigenvalue weighted by Crippen LogP contribution is -2.48. The minimum absolute atomic E-state index is 0.412. The minimum Gasteiger partial charge on any atom is -0.302 e. The maximum absolute atomic E-state index is 12.4. The van der Waals surface area contributed by atoms with Crippen LogP contribution in [0.3, 0.4) is 0 Å². The summed E-state index contributed by atoms with van der Waals surface area (Å²) in [5.41, 5.74) is -2.69. The molecule has 0 amide bonds. The molecule has 1 aromatic rings. The quantitative estimate of drug-likeness (QED) is 0.784. The fraction of sp³-hybridized carbons (Fsp3) is 0.583. The first-order valence-electron chi connectivity index (χ1n) is 6.44. The largest absolute Gasteiger partial charge is 0.330 e. The van der Waals surface area contributed by atoms with Crippen LogP contribution in [0.15, 0.2) is 20.7 Å². The molecule has 0 aromatic carbocycles. The smallest absolute Gasteiger partial charge is 0.302 e. The Kier molecular flexibility index (Phi) is 3.78. The molecule has 0 spiro atoms. The van der Waals surface area contributed by atoms with E-state index in [1.165, 1.54) is 14.1 Å². The molecule has 1 heterocycles. The van der Waals surface area contributed by atoms with Crippen molar-refractivity contribution in [2.45, 2.75) is 36.1 Å². The zero-order valence-electron chi connectivity index (χ0n) is 11.8. The number of sulfonamides is 1. The van der Waals surface area contributed by atoms with Crippen molar-refractivity contribution in [3.05, 3.63) is 27.0 Å². The second-order valence-corrected chi connectivity index (χ2v) is 6.91. The molecule has 1 aliphatic rings. The number of hydrogen-bond donors (Lipinski definition) is 1. The molecular weight excluding hydrogens is 296 g/mol. The SMILES string of the molecule is Cn1cc(S(=O)(=O)NC2(C#N)CCCC2)c(=O)n(C)c1=O. The van der Waals surface area contributed by atoms with E-state index in [2.05, 4.69) is 4.72 Å². The van der Waals surface area contributed by atoms with Crippen LogP contribution in [0.4, 0.5) is 0 Å². The van der Waals surface area contributed by atoms with Gasteiger partial charge in [0.15, 0.2) is 4.90 Å². The van der Waals surface area contributed by atoms with Gasteiger partial charge in [-0.2, -0.15) is 9.98 Å². The van der Waals surface area contributed by atoms with Gasteiger partial charge in [-0.1, -0.05) is 12.8 Å². The lowest BCUT2D eigenvalue weighted by Gasteiger charge is -2.21. The van der Waals surface area contributed by atoms with Crippen molar-refractivity contribution >= 4 is 10.0 Å². The molecule has 21 heavy (non-hydrogen) atoms. The predicted molar refractivity (Wildman–Crippen MR) is 74.1 cm³/mol. The van der Waals surface area contributed by atoms with Gasteiger partial charge in [-0.05, 0) is 12.8 Å². The Bertz CT molecular complexity index is 822. The first-order chi connectivity index (χ1) is 9.72. The number of nitrogens with zero attached hydrogens (tertiary/aromatic N) is 3. The number of aromatic nitrogens is 2. The lowest BCUT2D eigenvalue weighted by atomic mass is 10.0. The normalized spacial score (nSPS) is 17.6. The van der Waals surface area contributed by atoms with E-state index >= 15 is 0 Å². The summed E-state index contributed by atoms with van der Waals surface area (Å²) in [6.07, 6.45) is 3.30. The summed E-state index contributed by atoms with van der Waals surface area (Å²) in [6.45, 7) is 0. The Balaban J connectivity index is 2.54. The summed E-state index contributed by atoms with van der Waals surface area (Å²) >= 11 is 0. The van der Waals surface area contributed by atoms with Crippen LogP contribution in [0.1, 0.15) is 25.7 Å². The number of nitrogens with one attached hydrogen (secondary N) is 1. The number of rotatable bonds is 3. The molecule has 0 radical (unpaired) electrons. The molecule has 1 fully saturated rings. The van der Waals surface area contributed by atoms with Crippen molar-refractivity contribution in [1.29, 1.82) is 5.26 Å². The molecule has 0 bridgehead atoms. The molecule has 9 heteroatoms. The van der Waals surface area contributed by atoms with Crippen LogP contribution in [0, 0.1) is 11.3 Å². The van der Waals surface area contributed by atoms with Crippen LogP contribution in [0.5, 0.6) is 0 Å². The van der Waals surface area contributed by atoms with Crippen molar-refractivity contribution in [2.75, 3.05) is 0 Å². The topological polar surface area (TPSA) is 114 Å². The molecule has 0 saturated heterocycles. The maximum atomic E-state index is 12.4. The molecular formula is C12H16N4O4S. The third kappa shape index (κ3) is 2.64. The van der Waals surface area contributed by atoms with Crippen molar-refractivity contribution in [1.82, 2.24) is 13.9 Å². The molecule has 8 nitrogen and oxygen atoms in total. The Morgan fingerprint density at radius 2 is 1.86 bits per heavy atom. The lowest BCUT2D eigenvalue weighted by molar-refractivity contribution is 0.482. The van der Waals surface area contributed by atoms with E-state index in [0.717, 1.165) is 28.2 Å². The van der Waals surface area contributed by atoms with Gasteiger partial charge in [0.25, 0.3) is 5.56 Å². The van der Waals surface area contributed by atoms with Gasteiger partial charge in [-0.3, -0.25) is 9.36 Å². The number of aryl methyl sites for hydroxylation is 1. The summed E-state index contributed by atoms with van der Waals surface area (Å²) in [5, 5.41) is 9.23. The monoisotopic (exact) mass is 312 g/mol. The average molecular weight is 312 g/mol. The van der Waals surface area contributed by atoms with E-state index in [0.29, 0.717) is 12.8 Å². The standard InChI is InChI=1S/C12H16N4O4S/c1-15-7-9(10(17)16(2)11(15)18)21(19,20)14-12(8-13)5-3-4-6-12/h7,14H,3-6H2,1-2H3. The van der Waals surface area contributed by atoms with Crippen LogP contribution < -0.4 is 16.0 Å². The molecule has 1 aliphatic carbocycles. The van der Waals surface area contributed by atoms with Gasteiger partial charge in [0, 0.05) is 20.3 Å². The zero-order chi connectivity index (χ0) is 15.8. The van der Waals surface area contributed by atoms with Gasteiger partial charge in [-0.15, -0.1) is 0 Å². The first-order valence-corrected chi connectivity index (χ1v) is 7.93. The zero-order valence-corrected chi connectivity index (χ0v) is 12.6. The molecule has 1 aromatic heterocycles. The Morgan fingerprint density at radius 3 is 2.38 bits per heavy atom. The van der Waals surface area contributed by atoms with Gasteiger partial charge >= 0.3 is 5.69 Å². The summed E-state index contributed by atoms with van der Waals surface area (Å²) in [6, 6.07) is 2.00. The van der Waals surface area contributed by atoms with Crippen LogP contribution in [-0.2, 0) is 24.1 Å². The summed E-state index contributed by atoms with van der Waals surface area (Å²) in [5.74, 6) is 0. The van der Waals surface area contributed by atoms with Gasteiger partial charge in [0.1, 0.15) is 5.54 Å². The number of nitriles is 1. The van der Waals surface area contributed by atoms with Gasteiger partial charge < -0.3 is 4.57 Å². The van der Waals surface area contributed by atoms with Crippen LogP contribution in [-0.4, -0.2) is 23.1 Å². The summed E-state index contributed by atoms with van der Waals surface area (Å²) < 4.78 is 28.9. The molecule has 1 N–H and O–H groups in total.